The molecule has 2 fully saturated rings. The molecule has 0 spiro atoms. The summed E-state index contributed by atoms with van der Waals surface area (Å²) in [5.74, 6) is -0.400. The van der Waals surface area contributed by atoms with E-state index in [9.17, 15) is 14.4 Å². The normalized spacial score (nSPS) is 20.9. The fourth-order valence-electron chi connectivity index (χ4n) is 3.80. The van der Waals surface area contributed by atoms with Crippen molar-refractivity contribution >= 4 is 29.1 Å². The summed E-state index contributed by atoms with van der Waals surface area (Å²) in [7, 11) is 0. The molecule has 3 heterocycles. The number of nitrogens with zero attached hydrogens (tertiary/aromatic N) is 2. The summed E-state index contributed by atoms with van der Waals surface area (Å²) >= 11 is 1.47. The summed E-state index contributed by atoms with van der Waals surface area (Å²) in [6, 6.07) is 3.85. The van der Waals surface area contributed by atoms with Crippen LogP contribution in [0.5, 0.6) is 0 Å². The van der Waals surface area contributed by atoms with E-state index < -0.39 is 0 Å². The Morgan fingerprint density at radius 1 is 1.19 bits per heavy atom. The number of nitrogens with two attached hydrogens (primary N) is 1. The Balaban J connectivity index is 1.63. The zero-order chi connectivity index (χ0) is 19.4. The topological polar surface area (TPSA) is 92.9 Å². The lowest BCUT2D eigenvalue weighted by atomic mass is 9.96. The molecule has 2 aliphatic heterocycles. The number of rotatable bonds is 6. The molecule has 0 saturated carbocycles. The number of likely N-dealkylation sites (tertiary alicyclic amines) is 2. The van der Waals surface area contributed by atoms with Crippen LogP contribution in [0.3, 0.4) is 0 Å². The summed E-state index contributed by atoms with van der Waals surface area (Å²) in [5.41, 5.74) is 5.36. The molecule has 0 aromatic carbocycles. The molecule has 7 nitrogen and oxygen atoms in total. The molecule has 1 atom stereocenters. The predicted octanol–water partition coefficient (Wildman–Crippen LogP) is 1.79. The third kappa shape index (κ3) is 4.50. The van der Waals surface area contributed by atoms with Crippen LogP contribution in [0.1, 0.15) is 53.2 Å². The molecule has 2 aliphatic rings. The van der Waals surface area contributed by atoms with E-state index in [0.29, 0.717) is 37.4 Å². The van der Waals surface area contributed by atoms with Crippen LogP contribution in [0.2, 0.25) is 0 Å². The molecular formula is C19H27N3O4S. The van der Waals surface area contributed by atoms with Gasteiger partial charge in [0.25, 0.3) is 5.91 Å². The first-order valence-electron chi connectivity index (χ1n) is 9.56. The summed E-state index contributed by atoms with van der Waals surface area (Å²) in [6.07, 6.45) is 3.13. The molecule has 3 amide bonds. The minimum Gasteiger partial charge on any atom is -0.372 e. The summed E-state index contributed by atoms with van der Waals surface area (Å²) in [5, 5.41) is 0. The first kappa shape index (κ1) is 19.8. The zero-order valence-corrected chi connectivity index (χ0v) is 16.5. The molecule has 27 heavy (non-hydrogen) atoms. The Morgan fingerprint density at radius 3 is 2.59 bits per heavy atom. The molecule has 1 aromatic heterocycles. The largest absolute Gasteiger partial charge is 0.372 e. The third-order valence-corrected chi connectivity index (χ3v) is 6.53. The maximum atomic E-state index is 12.8. The molecule has 1 aromatic rings. The third-order valence-electron chi connectivity index (χ3n) is 5.35. The van der Waals surface area contributed by atoms with Crippen molar-refractivity contribution in [3.63, 3.8) is 0 Å². The maximum absolute atomic E-state index is 12.8. The standard InChI is InChI=1S/C19H27N3O4S/c1-2-26-12-17(23)22-9-3-4-14(22)15-5-6-16(27-15)19(25)21-10-7-13(8-11-21)18(20)24/h5-6,13-14H,2-4,7-12H2,1H3,(H2,20,24)/t14-/m0/s1. The van der Waals surface area contributed by atoms with Crippen LogP contribution in [0.4, 0.5) is 0 Å². The van der Waals surface area contributed by atoms with Gasteiger partial charge in [-0.05, 0) is 44.7 Å². The van der Waals surface area contributed by atoms with Crippen LogP contribution >= 0.6 is 11.3 Å². The van der Waals surface area contributed by atoms with Crippen LogP contribution in [0, 0.1) is 5.92 Å². The highest BCUT2D eigenvalue weighted by atomic mass is 32.1. The highest BCUT2D eigenvalue weighted by Gasteiger charge is 2.32. The van der Waals surface area contributed by atoms with Gasteiger partial charge < -0.3 is 20.3 Å². The van der Waals surface area contributed by atoms with Gasteiger partial charge in [0.15, 0.2) is 0 Å². The van der Waals surface area contributed by atoms with Crippen molar-refractivity contribution in [1.29, 1.82) is 0 Å². The van der Waals surface area contributed by atoms with E-state index in [-0.39, 0.29) is 36.3 Å². The number of hydrogen-bond donors (Lipinski definition) is 1. The lowest BCUT2D eigenvalue weighted by Crippen LogP contribution is -2.41. The van der Waals surface area contributed by atoms with Gasteiger partial charge in [-0.2, -0.15) is 0 Å². The summed E-state index contributed by atoms with van der Waals surface area (Å²) in [4.78, 5) is 41.8. The molecule has 3 rings (SSSR count). The van der Waals surface area contributed by atoms with E-state index in [1.807, 2.05) is 24.0 Å². The van der Waals surface area contributed by atoms with E-state index >= 15 is 0 Å². The average Bonchev–Trinajstić information content (AvgIpc) is 3.34. The lowest BCUT2D eigenvalue weighted by molar-refractivity contribution is -0.136. The van der Waals surface area contributed by atoms with Gasteiger partial charge in [0.2, 0.25) is 11.8 Å². The van der Waals surface area contributed by atoms with Crippen molar-refractivity contribution in [2.24, 2.45) is 11.7 Å². The fourth-order valence-corrected chi connectivity index (χ4v) is 4.93. The predicted molar refractivity (Wildman–Crippen MR) is 102 cm³/mol. The average molecular weight is 394 g/mol. The van der Waals surface area contributed by atoms with Crippen LogP contribution < -0.4 is 5.73 Å². The van der Waals surface area contributed by atoms with Crippen molar-refractivity contribution in [2.75, 3.05) is 32.8 Å². The number of carbonyl (C=O) groups excluding carboxylic acids is 3. The minimum atomic E-state index is -0.279. The fraction of sp³-hybridized carbons (Fsp3) is 0.632. The number of carbonyl (C=O) groups is 3. The van der Waals surface area contributed by atoms with Crippen molar-refractivity contribution in [3.05, 3.63) is 21.9 Å². The van der Waals surface area contributed by atoms with E-state index in [4.69, 9.17) is 10.5 Å². The Kier molecular flexibility index (Phi) is 6.49. The Hall–Kier alpha value is -1.93. The highest BCUT2D eigenvalue weighted by Crippen LogP contribution is 2.36. The van der Waals surface area contributed by atoms with Gasteiger partial charge in [0.05, 0.1) is 10.9 Å². The maximum Gasteiger partial charge on any atom is 0.263 e. The van der Waals surface area contributed by atoms with Crippen LogP contribution in [0.25, 0.3) is 0 Å². The quantitative estimate of drug-likeness (QED) is 0.797. The first-order chi connectivity index (χ1) is 13.0. The molecule has 0 aliphatic carbocycles. The smallest absolute Gasteiger partial charge is 0.263 e. The van der Waals surface area contributed by atoms with Crippen LogP contribution in [-0.4, -0.2) is 60.4 Å². The van der Waals surface area contributed by atoms with Crippen molar-refractivity contribution in [1.82, 2.24) is 9.80 Å². The van der Waals surface area contributed by atoms with Crippen molar-refractivity contribution in [3.8, 4) is 0 Å². The molecule has 2 N–H and O–H groups in total. The number of amides is 3. The molecule has 0 unspecified atom stereocenters. The second-order valence-corrected chi connectivity index (χ2v) is 8.17. The monoisotopic (exact) mass is 393 g/mol. The number of hydrogen-bond acceptors (Lipinski definition) is 5. The Labute approximate surface area is 163 Å². The number of primary amides is 1. The van der Waals surface area contributed by atoms with Crippen molar-refractivity contribution in [2.45, 2.75) is 38.6 Å². The second kappa shape index (κ2) is 8.84. The zero-order valence-electron chi connectivity index (χ0n) is 15.7. The SMILES string of the molecule is CCOCC(=O)N1CCC[C@H]1c1ccc(C(=O)N2CCC(C(N)=O)CC2)s1. The molecule has 148 valence electrons. The highest BCUT2D eigenvalue weighted by molar-refractivity contribution is 7.14. The minimum absolute atomic E-state index is 0.000592. The molecule has 0 radical (unpaired) electrons. The van der Waals surface area contributed by atoms with Gasteiger partial charge in [0.1, 0.15) is 6.61 Å². The number of thiophene rings is 1. The molecule has 2 saturated heterocycles. The molecular weight excluding hydrogens is 366 g/mol. The Bertz CT molecular complexity index is 697. The van der Waals surface area contributed by atoms with Gasteiger partial charge in [-0.25, -0.2) is 0 Å². The van der Waals surface area contributed by atoms with Gasteiger partial charge in [0, 0.05) is 37.0 Å². The van der Waals surface area contributed by atoms with Crippen LogP contribution in [-0.2, 0) is 14.3 Å². The van der Waals surface area contributed by atoms with E-state index in [0.717, 1.165) is 24.3 Å². The van der Waals surface area contributed by atoms with E-state index in [1.165, 1.54) is 11.3 Å². The molecule has 8 heteroatoms. The van der Waals surface area contributed by atoms with Gasteiger partial charge >= 0.3 is 0 Å². The van der Waals surface area contributed by atoms with Gasteiger partial charge in [-0.15, -0.1) is 11.3 Å². The first-order valence-corrected chi connectivity index (χ1v) is 10.4. The lowest BCUT2D eigenvalue weighted by Gasteiger charge is -2.30. The van der Waals surface area contributed by atoms with Crippen molar-refractivity contribution < 1.29 is 19.1 Å². The summed E-state index contributed by atoms with van der Waals surface area (Å²) < 4.78 is 5.26. The van der Waals surface area contributed by atoms with Gasteiger partial charge in [-0.3, -0.25) is 14.4 Å². The van der Waals surface area contributed by atoms with E-state index in [1.54, 1.807) is 4.90 Å². The van der Waals surface area contributed by atoms with Gasteiger partial charge in [-0.1, -0.05) is 0 Å². The molecule has 0 bridgehead atoms. The van der Waals surface area contributed by atoms with Crippen LogP contribution in [0.15, 0.2) is 12.1 Å². The van der Waals surface area contributed by atoms with E-state index in [2.05, 4.69) is 0 Å². The second-order valence-electron chi connectivity index (χ2n) is 7.05. The number of piperidine rings is 1. The summed E-state index contributed by atoms with van der Waals surface area (Å²) in [6.45, 7) is 4.36. The number of ether oxygens (including phenoxy) is 1. The Morgan fingerprint density at radius 2 is 1.93 bits per heavy atom.